The molecule has 0 aliphatic carbocycles. The van der Waals surface area contributed by atoms with Crippen molar-refractivity contribution in [3.05, 3.63) is 32.9 Å². The number of carboxylic acids is 1. The highest BCUT2D eigenvalue weighted by Gasteiger charge is 2.21. The van der Waals surface area contributed by atoms with Crippen molar-refractivity contribution in [2.75, 3.05) is 0 Å². The minimum absolute atomic E-state index is 0.319. The zero-order valence-electron chi connectivity index (χ0n) is 8.39. The van der Waals surface area contributed by atoms with Crippen molar-refractivity contribution in [2.24, 2.45) is 0 Å². The topological polar surface area (TPSA) is 74.6 Å². The molecule has 1 atom stereocenters. The number of aliphatic hydroxyl groups is 1. The minimum atomic E-state index is -1.53. The molecule has 2 N–H and O–H groups in total. The van der Waals surface area contributed by atoms with E-state index in [1.165, 1.54) is 0 Å². The van der Waals surface area contributed by atoms with Gasteiger partial charge >= 0.3 is 5.97 Å². The number of carbonyl (C=O) groups excluding carboxylic acids is 1. The quantitative estimate of drug-likeness (QED) is 0.633. The van der Waals surface area contributed by atoms with E-state index in [0.29, 0.717) is 27.5 Å². The van der Waals surface area contributed by atoms with Gasteiger partial charge < -0.3 is 15.0 Å². The van der Waals surface area contributed by atoms with E-state index < -0.39 is 12.1 Å². The Hall–Kier alpha value is -0.950. The van der Waals surface area contributed by atoms with E-state index in [9.17, 15) is 14.7 Å². The van der Waals surface area contributed by atoms with Gasteiger partial charge in [0.2, 0.25) is 0 Å². The van der Waals surface area contributed by atoms with Crippen LogP contribution in [-0.2, 0) is 16.0 Å². The smallest absolute Gasteiger partial charge is 0.337 e. The molecule has 1 unspecified atom stereocenters. The first kappa shape index (κ1) is 13.1. The normalized spacial score (nSPS) is 12.1. The van der Waals surface area contributed by atoms with Crippen LogP contribution in [0.4, 0.5) is 0 Å². The molecule has 0 bridgehead atoms. The molecule has 0 saturated carbocycles. The van der Waals surface area contributed by atoms with Crippen LogP contribution in [-0.4, -0.2) is 22.5 Å². The third kappa shape index (κ3) is 3.02. The largest absolute Gasteiger partial charge is 0.479 e. The van der Waals surface area contributed by atoms with Gasteiger partial charge in [-0.15, -0.1) is 0 Å². The Morgan fingerprint density at radius 1 is 1.50 bits per heavy atom. The summed E-state index contributed by atoms with van der Waals surface area (Å²) in [6.45, 7) is 0. The second-order valence-electron chi connectivity index (χ2n) is 3.26. The van der Waals surface area contributed by atoms with Crippen LogP contribution in [0.3, 0.4) is 0 Å². The predicted octanol–water partition coefficient (Wildman–Crippen LogP) is 1.54. The number of halogens is 1. The van der Waals surface area contributed by atoms with E-state index in [0.717, 1.165) is 6.29 Å². The summed E-state index contributed by atoms with van der Waals surface area (Å²) in [4.78, 5) is 21.1. The van der Waals surface area contributed by atoms with Crippen LogP contribution < -0.4 is 0 Å². The first-order valence-electron chi connectivity index (χ1n) is 4.69. The summed E-state index contributed by atoms with van der Waals surface area (Å²) in [6, 6.07) is 5.24. The fourth-order valence-electron chi connectivity index (χ4n) is 1.44. The van der Waals surface area contributed by atoms with Crippen LogP contribution in [0.1, 0.15) is 23.7 Å². The number of aliphatic hydroxyl groups excluding tert-OH is 1. The van der Waals surface area contributed by atoms with Crippen LogP contribution in [0.2, 0.25) is 0 Å². The Kier molecular flexibility index (Phi) is 4.88. The number of aliphatic carboxylic acids is 1. The van der Waals surface area contributed by atoms with Gasteiger partial charge in [-0.2, -0.15) is 0 Å². The molecule has 0 saturated heterocycles. The maximum absolute atomic E-state index is 10.8. The van der Waals surface area contributed by atoms with Crippen LogP contribution in [0.15, 0.2) is 18.2 Å². The third-order valence-corrected chi connectivity index (χ3v) is 3.12. The minimum Gasteiger partial charge on any atom is -0.479 e. The van der Waals surface area contributed by atoms with Crippen molar-refractivity contribution in [2.45, 2.75) is 18.9 Å². The van der Waals surface area contributed by atoms with Gasteiger partial charge in [-0.05, 0) is 40.6 Å². The number of hydrogen-bond acceptors (Lipinski definition) is 3. The molecule has 0 aromatic heterocycles. The Balaban J connectivity index is 3.12. The maximum atomic E-state index is 10.8. The molecule has 5 heteroatoms. The van der Waals surface area contributed by atoms with E-state index >= 15 is 0 Å². The highest BCUT2D eigenvalue weighted by molar-refractivity contribution is 14.1. The molecule has 0 aliphatic rings. The van der Waals surface area contributed by atoms with E-state index in [4.69, 9.17) is 5.11 Å². The summed E-state index contributed by atoms with van der Waals surface area (Å²) in [5, 5.41) is 18.4. The number of carboxylic acid groups (broad SMARTS) is 1. The molecule has 86 valence electrons. The van der Waals surface area contributed by atoms with Crippen molar-refractivity contribution in [3.8, 4) is 0 Å². The lowest BCUT2D eigenvalue weighted by Gasteiger charge is -2.13. The zero-order chi connectivity index (χ0) is 12.1. The Morgan fingerprint density at radius 3 is 2.75 bits per heavy atom. The lowest BCUT2D eigenvalue weighted by Crippen LogP contribution is -2.14. The first-order valence-corrected chi connectivity index (χ1v) is 5.77. The SMILES string of the molecule is O=CCCc1cccc(I)c1C(O)C(=O)O. The molecule has 0 heterocycles. The summed E-state index contributed by atoms with van der Waals surface area (Å²) in [5.74, 6) is -1.28. The molecule has 0 spiro atoms. The summed E-state index contributed by atoms with van der Waals surface area (Å²) in [7, 11) is 0. The second kappa shape index (κ2) is 5.95. The van der Waals surface area contributed by atoms with Gasteiger partial charge in [0, 0.05) is 15.6 Å². The standard InChI is InChI=1S/C11H11IO4/c12-8-5-1-3-7(4-2-6-13)9(8)10(14)11(15)16/h1,3,5-6,10,14H,2,4H2,(H,15,16). The predicted molar refractivity (Wildman–Crippen MR) is 66.1 cm³/mol. The van der Waals surface area contributed by atoms with Gasteiger partial charge in [-0.3, -0.25) is 0 Å². The molecule has 4 nitrogen and oxygen atoms in total. The van der Waals surface area contributed by atoms with Crippen molar-refractivity contribution in [1.29, 1.82) is 0 Å². The van der Waals surface area contributed by atoms with Crippen molar-refractivity contribution >= 4 is 34.8 Å². The lowest BCUT2D eigenvalue weighted by molar-refractivity contribution is -0.147. The zero-order valence-corrected chi connectivity index (χ0v) is 10.5. The molecular weight excluding hydrogens is 323 g/mol. The van der Waals surface area contributed by atoms with Gasteiger partial charge in [0.05, 0.1) is 0 Å². The molecule has 0 amide bonds. The first-order chi connectivity index (χ1) is 7.57. The van der Waals surface area contributed by atoms with E-state index in [1.807, 2.05) is 22.6 Å². The van der Waals surface area contributed by atoms with Gasteiger partial charge in [0.1, 0.15) is 6.29 Å². The summed E-state index contributed by atoms with van der Waals surface area (Å²) in [5.41, 5.74) is 1.09. The molecule has 1 rings (SSSR count). The van der Waals surface area contributed by atoms with Crippen LogP contribution in [0, 0.1) is 3.57 Å². The molecule has 16 heavy (non-hydrogen) atoms. The number of benzene rings is 1. The van der Waals surface area contributed by atoms with Crippen molar-refractivity contribution in [1.82, 2.24) is 0 Å². The van der Waals surface area contributed by atoms with Crippen LogP contribution in [0.5, 0.6) is 0 Å². The monoisotopic (exact) mass is 334 g/mol. The van der Waals surface area contributed by atoms with Crippen molar-refractivity contribution in [3.63, 3.8) is 0 Å². The Bertz CT molecular complexity index is 403. The van der Waals surface area contributed by atoms with Gasteiger partial charge in [0.15, 0.2) is 6.10 Å². The number of rotatable bonds is 5. The third-order valence-electron chi connectivity index (χ3n) is 2.18. The van der Waals surface area contributed by atoms with Crippen molar-refractivity contribution < 1.29 is 19.8 Å². The van der Waals surface area contributed by atoms with Gasteiger partial charge in [-0.25, -0.2) is 4.79 Å². The number of aryl methyl sites for hydroxylation is 1. The average Bonchev–Trinajstić information content (AvgIpc) is 2.25. The van der Waals surface area contributed by atoms with Gasteiger partial charge in [0.25, 0.3) is 0 Å². The van der Waals surface area contributed by atoms with Crippen LogP contribution in [0.25, 0.3) is 0 Å². The van der Waals surface area contributed by atoms with E-state index in [2.05, 4.69) is 0 Å². The fourth-order valence-corrected chi connectivity index (χ4v) is 2.29. The average molecular weight is 334 g/mol. The van der Waals surface area contributed by atoms with Gasteiger partial charge in [-0.1, -0.05) is 12.1 Å². The highest BCUT2D eigenvalue weighted by atomic mass is 127. The molecule has 1 aromatic carbocycles. The van der Waals surface area contributed by atoms with E-state index in [1.54, 1.807) is 18.2 Å². The lowest BCUT2D eigenvalue weighted by atomic mass is 9.99. The van der Waals surface area contributed by atoms with Crippen LogP contribution >= 0.6 is 22.6 Å². The maximum Gasteiger partial charge on any atom is 0.337 e. The molecular formula is C11H11IO4. The van der Waals surface area contributed by atoms with E-state index in [-0.39, 0.29) is 0 Å². The number of hydrogen-bond donors (Lipinski definition) is 2. The summed E-state index contributed by atoms with van der Waals surface area (Å²) in [6.07, 6.45) is 0.00530. The molecule has 0 aliphatic heterocycles. The second-order valence-corrected chi connectivity index (χ2v) is 4.42. The fraction of sp³-hybridized carbons (Fsp3) is 0.273. The molecule has 0 fully saturated rings. The number of aldehydes is 1. The summed E-state index contributed by atoms with van der Waals surface area (Å²) >= 11 is 1.97. The molecule has 0 radical (unpaired) electrons. The Morgan fingerprint density at radius 2 is 2.19 bits per heavy atom. The highest BCUT2D eigenvalue weighted by Crippen LogP contribution is 2.25. The summed E-state index contributed by atoms with van der Waals surface area (Å²) < 4.78 is 0.691. The Labute approximate surface area is 106 Å². The molecule has 1 aromatic rings. The number of carbonyl (C=O) groups is 2.